The van der Waals surface area contributed by atoms with Crippen molar-refractivity contribution in [1.82, 2.24) is 19.5 Å². The van der Waals surface area contributed by atoms with Crippen LogP contribution >= 0.6 is 11.6 Å². The topological polar surface area (TPSA) is 66.5 Å². The van der Waals surface area contributed by atoms with E-state index in [1.54, 1.807) is 17.8 Å². The number of unbranched alkanes of at least 4 members (excludes halogenated alkanes) is 1. The van der Waals surface area contributed by atoms with Gasteiger partial charge in [0.15, 0.2) is 0 Å². The SMILES string of the molecule is CCC/C=c1\[nH]/c(=C\c2c[nH]c3ncc(Cl)cc23)c(=O)n1C. The van der Waals surface area contributed by atoms with E-state index < -0.39 is 0 Å². The van der Waals surface area contributed by atoms with Crippen LogP contribution in [0.1, 0.15) is 25.3 Å². The molecule has 0 aromatic carbocycles. The fourth-order valence-electron chi connectivity index (χ4n) is 2.41. The monoisotopic (exact) mass is 316 g/mol. The van der Waals surface area contributed by atoms with Crippen LogP contribution in [0.25, 0.3) is 23.2 Å². The van der Waals surface area contributed by atoms with Gasteiger partial charge in [-0.3, -0.25) is 9.36 Å². The second-order valence-electron chi connectivity index (χ2n) is 5.22. The molecule has 0 spiro atoms. The highest BCUT2D eigenvalue weighted by Crippen LogP contribution is 2.20. The molecule has 0 saturated carbocycles. The van der Waals surface area contributed by atoms with Crippen molar-refractivity contribution >= 4 is 34.8 Å². The number of pyridine rings is 1. The molecule has 0 fully saturated rings. The fourth-order valence-corrected chi connectivity index (χ4v) is 2.56. The van der Waals surface area contributed by atoms with Crippen molar-refractivity contribution in [3.05, 3.63) is 50.2 Å². The molecule has 0 bridgehead atoms. The number of hydrogen-bond acceptors (Lipinski definition) is 2. The number of fused-ring (bicyclic) bond motifs is 1. The maximum Gasteiger partial charge on any atom is 0.275 e. The molecule has 0 aliphatic heterocycles. The molecule has 0 unspecified atom stereocenters. The summed E-state index contributed by atoms with van der Waals surface area (Å²) in [5.41, 5.74) is 2.41. The lowest BCUT2D eigenvalue weighted by atomic mass is 10.2. The molecular formula is C16H17ClN4O. The molecule has 3 heterocycles. The lowest BCUT2D eigenvalue weighted by Gasteiger charge is -1.91. The molecule has 2 N–H and O–H groups in total. The van der Waals surface area contributed by atoms with Crippen molar-refractivity contribution < 1.29 is 0 Å². The molecule has 22 heavy (non-hydrogen) atoms. The highest BCUT2D eigenvalue weighted by atomic mass is 35.5. The first-order chi connectivity index (χ1) is 10.6. The lowest BCUT2D eigenvalue weighted by molar-refractivity contribution is 0.829. The number of aromatic amines is 2. The summed E-state index contributed by atoms with van der Waals surface area (Å²) in [7, 11) is 1.77. The van der Waals surface area contributed by atoms with E-state index in [0.29, 0.717) is 10.4 Å². The molecule has 0 aliphatic carbocycles. The van der Waals surface area contributed by atoms with E-state index in [-0.39, 0.29) is 5.56 Å². The highest BCUT2D eigenvalue weighted by molar-refractivity contribution is 6.31. The Morgan fingerprint density at radius 3 is 3.05 bits per heavy atom. The predicted molar refractivity (Wildman–Crippen MR) is 89.3 cm³/mol. The van der Waals surface area contributed by atoms with Gasteiger partial charge < -0.3 is 9.97 Å². The second kappa shape index (κ2) is 5.85. The van der Waals surface area contributed by atoms with Crippen LogP contribution in [0.2, 0.25) is 5.02 Å². The number of H-pyrrole nitrogens is 2. The number of aromatic nitrogens is 4. The summed E-state index contributed by atoms with van der Waals surface area (Å²) in [5, 5.41) is 2.01. The Hall–Kier alpha value is -2.27. The quantitative estimate of drug-likeness (QED) is 0.771. The average molecular weight is 317 g/mol. The number of nitrogens with zero attached hydrogens (tertiary/aromatic N) is 2. The standard InChI is InChI=1S/C16H17ClN4O/c1-3-4-5-14-20-13(16(22)21(14)2)6-10-8-18-15-12(10)7-11(17)9-19-15/h5-9,20H,3-4H2,1-2H3,(H,18,19)/b13-6-,14-5+. The molecule has 5 nitrogen and oxygen atoms in total. The zero-order valence-electron chi connectivity index (χ0n) is 12.5. The predicted octanol–water partition coefficient (Wildman–Crippen LogP) is 1.65. The first-order valence-electron chi connectivity index (χ1n) is 7.19. The van der Waals surface area contributed by atoms with E-state index in [9.17, 15) is 4.79 Å². The van der Waals surface area contributed by atoms with E-state index >= 15 is 0 Å². The number of nitrogens with one attached hydrogen (secondary N) is 2. The smallest absolute Gasteiger partial charge is 0.275 e. The Bertz CT molecular complexity index is 993. The number of hydrogen-bond donors (Lipinski definition) is 2. The summed E-state index contributed by atoms with van der Waals surface area (Å²) in [5.74, 6) is 0. The molecular weight excluding hydrogens is 300 g/mol. The maximum atomic E-state index is 12.3. The van der Waals surface area contributed by atoms with Crippen LogP contribution in [0.5, 0.6) is 0 Å². The van der Waals surface area contributed by atoms with Crippen molar-refractivity contribution in [1.29, 1.82) is 0 Å². The van der Waals surface area contributed by atoms with Crippen molar-refractivity contribution in [2.24, 2.45) is 7.05 Å². The van der Waals surface area contributed by atoms with Crippen LogP contribution in [0.3, 0.4) is 0 Å². The minimum atomic E-state index is -0.0494. The first-order valence-corrected chi connectivity index (χ1v) is 7.57. The van der Waals surface area contributed by atoms with E-state index in [2.05, 4.69) is 21.9 Å². The molecule has 3 aromatic rings. The van der Waals surface area contributed by atoms with Crippen molar-refractivity contribution in [2.75, 3.05) is 0 Å². The van der Waals surface area contributed by atoms with Crippen LogP contribution in [0.4, 0.5) is 0 Å². The van der Waals surface area contributed by atoms with Gasteiger partial charge in [0.25, 0.3) is 5.56 Å². The molecule has 114 valence electrons. The maximum absolute atomic E-state index is 12.3. The van der Waals surface area contributed by atoms with E-state index in [1.165, 1.54) is 0 Å². The van der Waals surface area contributed by atoms with Crippen LogP contribution in [-0.2, 0) is 7.05 Å². The summed E-state index contributed by atoms with van der Waals surface area (Å²) < 4.78 is 1.63. The van der Waals surface area contributed by atoms with Crippen molar-refractivity contribution in [3.63, 3.8) is 0 Å². The summed E-state index contributed by atoms with van der Waals surface area (Å²) in [4.78, 5) is 22.8. The molecule has 6 heteroatoms. The van der Waals surface area contributed by atoms with E-state index in [1.807, 2.05) is 24.4 Å². The van der Waals surface area contributed by atoms with E-state index in [4.69, 9.17) is 11.6 Å². The molecule has 0 atom stereocenters. The third-order valence-corrected chi connectivity index (χ3v) is 3.82. The van der Waals surface area contributed by atoms with Gasteiger partial charge >= 0.3 is 0 Å². The van der Waals surface area contributed by atoms with Crippen LogP contribution < -0.4 is 16.4 Å². The van der Waals surface area contributed by atoms with Gasteiger partial charge in [-0.05, 0) is 24.6 Å². The normalized spacial score (nSPS) is 13.4. The van der Waals surface area contributed by atoms with Gasteiger partial charge in [-0.25, -0.2) is 4.98 Å². The summed E-state index contributed by atoms with van der Waals surface area (Å²) in [6.45, 7) is 2.10. The Labute approximate surface area is 132 Å². The second-order valence-corrected chi connectivity index (χ2v) is 5.66. The number of imidazole rings is 1. The Morgan fingerprint density at radius 2 is 2.27 bits per heavy atom. The molecule has 0 radical (unpaired) electrons. The summed E-state index contributed by atoms with van der Waals surface area (Å²) >= 11 is 6.00. The molecule has 0 aliphatic rings. The largest absolute Gasteiger partial charge is 0.346 e. The van der Waals surface area contributed by atoms with Gasteiger partial charge in [-0.1, -0.05) is 24.9 Å². The fraction of sp³-hybridized carbons (Fsp3) is 0.250. The molecule has 0 saturated heterocycles. The zero-order valence-corrected chi connectivity index (χ0v) is 13.2. The van der Waals surface area contributed by atoms with Gasteiger partial charge in [0, 0.05) is 30.4 Å². The Kier molecular flexibility index (Phi) is 3.90. The molecule has 3 aromatic heterocycles. The van der Waals surface area contributed by atoms with Gasteiger partial charge in [-0.15, -0.1) is 0 Å². The molecule has 3 rings (SSSR count). The Balaban J connectivity index is 2.20. The number of halogens is 1. The minimum absolute atomic E-state index is 0.0494. The molecule has 0 amide bonds. The first kappa shape index (κ1) is 14.7. The summed E-state index contributed by atoms with van der Waals surface area (Å²) in [6, 6.07) is 1.84. The lowest BCUT2D eigenvalue weighted by Crippen LogP contribution is -2.28. The number of rotatable bonds is 3. The van der Waals surface area contributed by atoms with E-state index in [0.717, 1.165) is 34.9 Å². The van der Waals surface area contributed by atoms with Crippen LogP contribution in [0.15, 0.2) is 23.3 Å². The van der Waals surface area contributed by atoms with Crippen molar-refractivity contribution in [2.45, 2.75) is 19.8 Å². The van der Waals surface area contributed by atoms with Gasteiger partial charge in [0.2, 0.25) is 0 Å². The third-order valence-electron chi connectivity index (χ3n) is 3.62. The van der Waals surface area contributed by atoms with Gasteiger partial charge in [0.05, 0.1) is 5.02 Å². The average Bonchev–Trinajstić information content (AvgIpc) is 3.02. The zero-order chi connectivity index (χ0) is 15.7. The summed E-state index contributed by atoms with van der Waals surface area (Å²) in [6.07, 6.45) is 9.24. The van der Waals surface area contributed by atoms with Gasteiger partial charge in [0.1, 0.15) is 16.5 Å². The van der Waals surface area contributed by atoms with Crippen molar-refractivity contribution in [3.8, 4) is 0 Å². The third kappa shape index (κ3) is 2.60. The van der Waals surface area contributed by atoms with Crippen LogP contribution in [-0.4, -0.2) is 19.5 Å². The Morgan fingerprint density at radius 1 is 1.45 bits per heavy atom. The highest BCUT2D eigenvalue weighted by Gasteiger charge is 2.05. The van der Waals surface area contributed by atoms with Crippen LogP contribution in [0, 0.1) is 0 Å². The van der Waals surface area contributed by atoms with Gasteiger partial charge in [-0.2, -0.15) is 0 Å². The minimum Gasteiger partial charge on any atom is -0.346 e.